The first-order valence-electron chi connectivity index (χ1n) is 4.42. The molecule has 1 aromatic carbocycles. The quantitative estimate of drug-likeness (QED) is 0.287. The number of ether oxygens (including phenoxy) is 1. The van der Waals surface area contributed by atoms with E-state index in [9.17, 15) is 18.0 Å². The summed E-state index contributed by atoms with van der Waals surface area (Å²) in [5.41, 5.74) is -1.73. The van der Waals surface area contributed by atoms with Crippen LogP contribution in [0.1, 0.15) is 12.5 Å². The molecule has 0 fully saturated rings. The lowest BCUT2D eigenvalue weighted by molar-refractivity contribution is -0.131. The van der Waals surface area contributed by atoms with E-state index in [-0.39, 0.29) is 11.3 Å². The van der Waals surface area contributed by atoms with E-state index in [1.165, 1.54) is 19.1 Å². The van der Waals surface area contributed by atoms with Gasteiger partial charge in [0.05, 0.1) is 0 Å². The molecule has 0 radical (unpaired) electrons. The van der Waals surface area contributed by atoms with Crippen LogP contribution in [0.4, 0.5) is 13.2 Å². The Balaban J connectivity index is 2.98. The van der Waals surface area contributed by atoms with Crippen molar-refractivity contribution < 1.29 is 27.9 Å². The number of halogens is 3. The van der Waals surface area contributed by atoms with E-state index >= 15 is 0 Å². The standard InChI is InChI=1S/C10H8F3NO3/c1-6(15)17-8-4-2-7(3-5-8)9(14-16)10(11,12)13/h2-5,16H,1H3. The smallest absolute Gasteiger partial charge is 0.427 e. The van der Waals surface area contributed by atoms with Crippen LogP contribution < -0.4 is 4.74 Å². The molecule has 4 nitrogen and oxygen atoms in total. The van der Waals surface area contributed by atoms with Gasteiger partial charge in [-0.05, 0) is 24.3 Å². The highest BCUT2D eigenvalue weighted by atomic mass is 19.4. The molecule has 1 rings (SSSR count). The predicted octanol–water partition coefficient (Wildman–Crippen LogP) is 2.35. The highest BCUT2D eigenvalue weighted by molar-refractivity contribution is 6.04. The Kier molecular flexibility index (Phi) is 3.72. The first-order chi connectivity index (χ1) is 7.84. The minimum Gasteiger partial charge on any atom is -0.427 e. The number of alkyl halides is 3. The summed E-state index contributed by atoms with van der Waals surface area (Å²) >= 11 is 0. The number of carbonyl (C=O) groups is 1. The van der Waals surface area contributed by atoms with Gasteiger partial charge in [0.1, 0.15) is 5.75 Å². The lowest BCUT2D eigenvalue weighted by Gasteiger charge is -2.09. The van der Waals surface area contributed by atoms with Crippen molar-refractivity contribution in [3.05, 3.63) is 29.8 Å². The highest BCUT2D eigenvalue weighted by Crippen LogP contribution is 2.23. The number of oxime groups is 1. The van der Waals surface area contributed by atoms with Crippen molar-refractivity contribution in [1.82, 2.24) is 0 Å². The van der Waals surface area contributed by atoms with Crippen LogP contribution in [0.15, 0.2) is 29.4 Å². The molecule has 1 N–H and O–H groups in total. The molecule has 92 valence electrons. The predicted molar refractivity (Wildman–Crippen MR) is 52.1 cm³/mol. The van der Waals surface area contributed by atoms with Crippen LogP contribution in [0.25, 0.3) is 0 Å². The molecule has 0 aliphatic rings. The Hall–Kier alpha value is -2.05. The highest BCUT2D eigenvalue weighted by Gasteiger charge is 2.37. The Morgan fingerprint density at radius 2 is 1.82 bits per heavy atom. The molecule has 0 amide bonds. The number of hydrogen-bond acceptors (Lipinski definition) is 4. The number of hydrogen-bond donors (Lipinski definition) is 1. The second-order valence-corrected chi connectivity index (χ2v) is 3.06. The first-order valence-corrected chi connectivity index (χ1v) is 4.42. The molecule has 1 aromatic rings. The Morgan fingerprint density at radius 1 is 1.29 bits per heavy atom. The van der Waals surface area contributed by atoms with Crippen LogP contribution in [-0.2, 0) is 4.79 Å². The van der Waals surface area contributed by atoms with Gasteiger partial charge < -0.3 is 9.94 Å². The summed E-state index contributed by atoms with van der Waals surface area (Å²) in [5, 5.41) is 10.5. The van der Waals surface area contributed by atoms with E-state index in [1.54, 1.807) is 0 Å². The maximum absolute atomic E-state index is 12.3. The maximum Gasteiger partial charge on any atom is 0.437 e. The van der Waals surface area contributed by atoms with E-state index in [1.807, 2.05) is 0 Å². The molecule has 0 saturated heterocycles. The third-order valence-corrected chi connectivity index (χ3v) is 1.76. The summed E-state index contributed by atoms with van der Waals surface area (Å²) in [4.78, 5) is 10.6. The van der Waals surface area contributed by atoms with Gasteiger partial charge >= 0.3 is 12.1 Å². The minimum absolute atomic E-state index is 0.112. The molecular weight excluding hydrogens is 239 g/mol. The van der Waals surface area contributed by atoms with E-state index in [4.69, 9.17) is 5.21 Å². The van der Waals surface area contributed by atoms with Gasteiger partial charge in [-0.25, -0.2) is 0 Å². The van der Waals surface area contributed by atoms with Crippen LogP contribution in [0, 0.1) is 0 Å². The maximum atomic E-state index is 12.3. The third-order valence-electron chi connectivity index (χ3n) is 1.76. The average molecular weight is 247 g/mol. The zero-order chi connectivity index (χ0) is 13.1. The van der Waals surface area contributed by atoms with Crippen molar-refractivity contribution in [3.63, 3.8) is 0 Å². The number of carbonyl (C=O) groups excluding carboxylic acids is 1. The molecule has 0 bridgehead atoms. The molecule has 0 aromatic heterocycles. The summed E-state index contributed by atoms with van der Waals surface area (Å²) in [7, 11) is 0. The molecule has 17 heavy (non-hydrogen) atoms. The number of nitrogens with zero attached hydrogens (tertiary/aromatic N) is 1. The van der Waals surface area contributed by atoms with Gasteiger partial charge in [0.2, 0.25) is 0 Å². The zero-order valence-corrected chi connectivity index (χ0v) is 8.65. The van der Waals surface area contributed by atoms with Gasteiger partial charge in [-0.1, -0.05) is 5.16 Å². The molecule has 0 spiro atoms. The van der Waals surface area contributed by atoms with Gasteiger partial charge in [0.15, 0.2) is 5.71 Å². The van der Waals surface area contributed by atoms with Crippen LogP contribution >= 0.6 is 0 Å². The summed E-state index contributed by atoms with van der Waals surface area (Å²) in [6.07, 6.45) is -4.75. The molecule has 0 unspecified atom stereocenters. The minimum atomic E-state index is -4.75. The van der Waals surface area contributed by atoms with E-state index < -0.39 is 17.9 Å². The second kappa shape index (κ2) is 4.86. The molecular formula is C10H8F3NO3. The van der Waals surface area contributed by atoms with Crippen LogP contribution in [0.5, 0.6) is 5.75 Å². The normalized spacial score (nSPS) is 12.4. The Labute approximate surface area is 94.3 Å². The van der Waals surface area contributed by atoms with Crippen LogP contribution in [-0.4, -0.2) is 23.1 Å². The topological polar surface area (TPSA) is 58.9 Å². The molecule has 7 heteroatoms. The molecule has 0 aliphatic heterocycles. The van der Waals surface area contributed by atoms with Crippen molar-refractivity contribution in [2.75, 3.05) is 0 Å². The summed E-state index contributed by atoms with van der Waals surface area (Å²) in [6, 6.07) is 4.43. The molecule has 0 saturated carbocycles. The first kappa shape index (κ1) is 13.0. The number of rotatable bonds is 2. The Bertz CT molecular complexity index is 437. The van der Waals surface area contributed by atoms with Crippen molar-refractivity contribution >= 4 is 11.7 Å². The fraction of sp³-hybridized carbons (Fsp3) is 0.200. The molecule has 0 aliphatic carbocycles. The van der Waals surface area contributed by atoms with Gasteiger partial charge in [-0.3, -0.25) is 4.79 Å². The van der Waals surface area contributed by atoms with Crippen molar-refractivity contribution in [1.29, 1.82) is 0 Å². The second-order valence-electron chi connectivity index (χ2n) is 3.06. The van der Waals surface area contributed by atoms with E-state index in [0.717, 1.165) is 12.1 Å². The molecule has 0 atom stereocenters. The summed E-state index contributed by atoms with van der Waals surface area (Å²) < 4.78 is 41.7. The van der Waals surface area contributed by atoms with Gasteiger partial charge in [-0.15, -0.1) is 0 Å². The van der Waals surface area contributed by atoms with E-state index in [2.05, 4.69) is 9.89 Å². The van der Waals surface area contributed by atoms with Crippen LogP contribution in [0.3, 0.4) is 0 Å². The van der Waals surface area contributed by atoms with E-state index in [0.29, 0.717) is 0 Å². The molecule has 0 heterocycles. The largest absolute Gasteiger partial charge is 0.437 e. The van der Waals surface area contributed by atoms with Crippen molar-refractivity contribution in [2.24, 2.45) is 5.16 Å². The van der Waals surface area contributed by atoms with Gasteiger partial charge in [0, 0.05) is 12.5 Å². The fourth-order valence-corrected chi connectivity index (χ4v) is 1.12. The van der Waals surface area contributed by atoms with Crippen molar-refractivity contribution in [2.45, 2.75) is 13.1 Å². The zero-order valence-electron chi connectivity index (χ0n) is 8.65. The van der Waals surface area contributed by atoms with Crippen molar-refractivity contribution in [3.8, 4) is 5.75 Å². The number of esters is 1. The van der Waals surface area contributed by atoms with Gasteiger partial charge in [-0.2, -0.15) is 13.2 Å². The monoisotopic (exact) mass is 247 g/mol. The fourth-order valence-electron chi connectivity index (χ4n) is 1.12. The summed E-state index contributed by atoms with van der Waals surface area (Å²) in [5.74, 6) is -0.467. The lowest BCUT2D eigenvalue weighted by atomic mass is 10.1. The number of benzene rings is 1. The lowest BCUT2D eigenvalue weighted by Crippen LogP contribution is -2.23. The SMILES string of the molecule is CC(=O)Oc1ccc(C(=NO)C(F)(F)F)cc1. The Morgan fingerprint density at radius 3 is 2.18 bits per heavy atom. The van der Waals surface area contributed by atoms with Gasteiger partial charge in [0.25, 0.3) is 0 Å². The third kappa shape index (κ3) is 3.47. The van der Waals surface area contributed by atoms with Crippen LogP contribution in [0.2, 0.25) is 0 Å². The average Bonchev–Trinajstić information content (AvgIpc) is 2.18. The summed E-state index contributed by atoms with van der Waals surface area (Å²) in [6.45, 7) is 1.17.